The van der Waals surface area contributed by atoms with E-state index >= 15 is 0 Å². The van der Waals surface area contributed by atoms with E-state index in [-0.39, 0.29) is 16.4 Å². The maximum atomic E-state index is 13.1. The molecule has 0 aliphatic carbocycles. The molecule has 0 atom stereocenters. The van der Waals surface area contributed by atoms with Gasteiger partial charge < -0.3 is 10.4 Å². The minimum absolute atomic E-state index is 0.144. The van der Waals surface area contributed by atoms with E-state index in [1.54, 1.807) is 0 Å². The molecule has 0 aliphatic rings. The van der Waals surface area contributed by atoms with E-state index in [4.69, 9.17) is 16.7 Å². The first-order valence-electron chi connectivity index (χ1n) is 5.53. The zero-order chi connectivity index (χ0) is 15.6. The van der Waals surface area contributed by atoms with Crippen LogP contribution >= 0.6 is 11.6 Å². The average Bonchev–Trinajstić information content (AvgIpc) is 2.43. The Hall–Kier alpha value is -2.54. The van der Waals surface area contributed by atoms with Crippen molar-refractivity contribution in [2.24, 2.45) is 0 Å². The number of aromatic carboxylic acids is 1. The smallest absolute Gasteiger partial charge is 0.337 e. The van der Waals surface area contributed by atoms with Crippen LogP contribution in [0.5, 0.6) is 0 Å². The fourth-order valence-electron chi connectivity index (χ4n) is 1.57. The van der Waals surface area contributed by atoms with Crippen molar-refractivity contribution in [2.75, 3.05) is 5.32 Å². The number of hydrogen-bond acceptors (Lipinski definition) is 3. The van der Waals surface area contributed by atoms with Crippen molar-refractivity contribution in [3.8, 4) is 0 Å². The van der Waals surface area contributed by atoms with E-state index in [0.717, 1.165) is 30.5 Å². The van der Waals surface area contributed by atoms with Crippen LogP contribution in [0.15, 0.2) is 30.5 Å². The van der Waals surface area contributed by atoms with Gasteiger partial charge in [0.15, 0.2) is 0 Å². The van der Waals surface area contributed by atoms with Crippen molar-refractivity contribution >= 4 is 29.2 Å². The van der Waals surface area contributed by atoms with Crippen LogP contribution in [0.2, 0.25) is 5.15 Å². The molecule has 0 radical (unpaired) electrons. The number of nitrogens with zero attached hydrogens (tertiary/aromatic N) is 1. The van der Waals surface area contributed by atoms with Crippen LogP contribution in [0, 0.1) is 11.6 Å². The number of carbonyl (C=O) groups is 2. The molecule has 0 spiro atoms. The number of hydrogen-bond donors (Lipinski definition) is 2. The van der Waals surface area contributed by atoms with Gasteiger partial charge in [-0.05, 0) is 24.3 Å². The van der Waals surface area contributed by atoms with Crippen LogP contribution in [-0.2, 0) is 0 Å². The van der Waals surface area contributed by atoms with E-state index < -0.39 is 29.1 Å². The standard InChI is InChI=1S/C13H7ClF2N2O3/c14-11-9(4-7(16)5-17-11)12(19)18-10-2-1-6(15)3-8(10)13(20)21/h1-5H,(H,18,19)(H,20,21). The van der Waals surface area contributed by atoms with Crippen LogP contribution in [0.25, 0.3) is 0 Å². The molecule has 2 aromatic rings. The van der Waals surface area contributed by atoms with Crippen LogP contribution in [0.3, 0.4) is 0 Å². The zero-order valence-electron chi connectivity index (χ0n) is 10.2. The molecular weight excluding hydrogens is 306 g/mol. The lowest BCUT2D eigenvalue weighted by Crippen LogP contribution is -2.16. The molecule has 1 aromatic heterocycles. The molecule has 1 heterocycles. The highest BCUT2D eigenvalue weighted by atomic mass is 35.5. The molecule has 0 saturated carbocycles. The fraction of sp³-hybridized carbons (Fsp3) is 0. The van der Waals surface area contributed by atoms with Crippen molar-refractivity contribution in [1.29, 1.82) is 0 Å². The van der Waals surface area contributed by atoms with Crippen molar-refractivity contribution in [3.05, 3.63) is 58.4 Å². The van der Waals surface area contributed by atoms with E-state index in [1.165, 1.54) is 0 Å². The highest BCUT2D eigenvalue weighted by Gasteiger charge is 2.17. The molecule has 1 amide bonds. The molecule has 0 fully saturated rings. The lowest BCUT2D eigenvalue weighted by Gasteiger charge is -2.09. The van der Waals surface area contributed by atoms with E-state index in [2.05, 4.69) is 10.3 Å². The molecule has 21 heavy (non-hydrogen) atoms. The second-order valence-electron chi connectivity index (χ2n) is 3.94. The van der Waals surface area contributed by atoms with E-state index in [9.17, 15) is 18.4 Å². The summed E-state index contributed by atoms with van der Waals surface area (Å²) in [6, 6.07) is 3.67. The van der Waals surface area contributed by atoms with Crippen molar-refractivity contribution in [3.63, 3.8) is 0 Å². The van der Waals surface area contributed by atoms with Gasteiger partial charge in [0, 0.05) is 0 Å². The molecule has 8 heteroatoms. The third-order valence-corrected chi connectivity index (χ3v) is 2.81. The lowest BCUT2D eigenvalue weighted by atomic mass is 10.1. The largest absolute Gasteiger partial charge is 0.478 e. The second-order valence-corrected chi connectivity index (χ2v) is 4.30. The highest BCUT2D eigenvalue weighted by Crippen LogP contribution is 2.20. The Morgan fingerprint density at radius 3 is 2.48 bits per heavy atom. The predicted molar refractivity (Wildman–Crippen MR) is 70.5 cm³/mol. The summed E-state index contributed by atoms with van der Waals surface area (Å²) in [5.74, 6) is -3.83. The summed E-state index contributed by atoms with van der Waals surface area (Å²) < 4.78 is 26.1. The number of rotatable bonds is 3. The Kier molecular flexibility index (Phi) is 4.13. The number of halogens is 3. The fourth-order valence-corrected chi connectivity index (χ4v) is 1.76. The molecule has 2 rings (SSSR count). The first-order valence-corrected chi connectivity index (χ1v) is 5.91. The van der Waals surface area contributed by atoms with Gasteiger partial charge in [-0.1, -0.05) is 11.6 Å². The van der Waals surface area contributed by atoms with Gasteiger partial charge in [-0.3, -0.25) is 4.79 Å². The SMILES string of the molecule is O=C(O)c1cc(F)ccc1NC(=O)c1cc(F)cnc1Cl. The quantitative estimate of drug-likeness (QED) is 0.854. The molecule has 1 aromatic carbocycles. The molecular formula is C13H7ClF2N2O3. The minimum Gasteiger partial charge on any atom is -0.478 e. The summed E-state index contributed by atoms with van der Waals surface area (Å²) in [4.78, 5) is 26.4. The number of anilines is 1. The zero-order valence-corrected chi connectivity index (χ0v) is 11.0. The second kappa shape index (κ2) is 5.84. The van der Waals surface area contributed by atoms with Crippen LogP contribution < -0.4 is 5.32 Å². The number of pyridine rings is 1. The van der Waals surface area contributed by atoms with Crippen molar-refractivity contribution in [1.82, 2.24) is 4.98 Å². The number of carbonyl (C=O) groups excluding carboxylic acids is 1. The number of carboxylic acids is 1. The molecule has 5 nitrogen and oxygen atoms in total. The first-order chi connectivity index (χ1) is 9.88. The molecule has 0 aliphatic heterocycles. The van der Waals surface area contributed by atoms with Crippen molar-refractivity contribution in [2.45, 2.75) is 0 Å². The highest BCUT2D eigenvalue weighted by molar-refractivity contribution is 6.33. The summed E-state index contributed by atoms with van der Waals surface area (Å²) in [5, 5.41) is 10.9. The van der Waals surface area contributed by atoms with Gasteiger partial charge in [0.1, 0.15) is 16.8 Å². The number of nitrogens with one attached hydrogen (secondary N) is 1. The van der Waals surface area contributed by atoms with Crippen LogP contribution in [0.1, 0.15) is 20.7 Å². The maximum Gasteiger partial charge on any atom is 0.337 e. The normalized spacial score (nSPS) is 10.2. The van der Waals surface area contributed by atoms with Crippen molar-refractivity contribution < 1.29 is 23.5 Å². The Morgan fingerprint density at radius 1 is 1.14 bits per heavy atom. The molecule has 108 valence electrons. The van der Waals surface area contributed by atoms with Gasteiger partial charge >= 0.3 is 5.97 Å². The van der Waals surface area contributed by atoms with Gasteiger partial charge in [-0.15, -0.1) is 0 Å². The maximum absolute atomic E-state index is 13.1. The van der Waals surface area contributed by atoms with Crippen LogP contribution in [-0.4, -0.2) is 22.0 Å². The summed E-state index contributed by atoms with van der Waals surface area (Å²) in [7, 11) is 0. The third-order valence-electron chi connectivity index (χ3n) is 2.51. The number of aromatic nitrogens is 1. The van der Waals surface area contributed by atoms with Gasteiger partial charge in [-0.25, -0.2) is 18.6 Å². The van der Waals surface area contributed by atoms with Gasteiger partial charge in [-0.2, -0.15) is 0 Å². The molecule has 0 bridgehead atoms. The minimum atomic E-state index is -1.42. The number of carboxylic acid groups (broad SMARTS) is 1. The number of benzene rings is 1. The number of amides is 1. The Bertz CT molecular complexity index is 737. The molecule has 0 unspecified atom stereocenters. The Balaban J connectivity index is 2.36. The van der Waals surface area contributed by atoms with Gasteiger partial charge in [0.25, 0.3) is 5.91 Å². The molecule has 0 saturated heterocycles. The Morgan fingerprint density at radius 2 is 1.81 bits per heavy atom. The topological polar surface area (TPSA) is 79.3 Å². The van der Waals surface area contributed by atoms with E-state index in [0.29, 0.717) is 0 Å². The summed E-state index contributed by atoms with van der Waals surface area (Å²) in [5.41, 5.74) is -0.851. The van der Waals surface area contributed by atoms with E-state index in [1.807, 2.05) is 0 Å². The Labute approximate surface area is 122 Å². The monoisotopic (exact) mass is 312 g/mol. The summed E-state index contributed by atoms with van der Waals surface area (Å²) in [6.45, 7) is 0. The van der Waals surface area contributed by atoms with Crippen LogP contribution in [0.4, 0.5) is 14.5 Å². The lowest BCUT2D eigenvalue weighted by molar-refractivity contribution is 0.0697. The first kappa shape index (κ1) is 14.9. The predicted octanol–water partition coefficient (Wildman–Crippen LogP) is 2.96. The third kappa shape index (κ3) is 3.32. The van der Waals surface area contributed by atoms with Gasteiger partial charge in [0.05, 0.1) is 23.0 Å². The molecule has 2 N–H and O–H groups in total. The summed E-state index contributed by atoms with van der Waals surface area (Å²) >= 11 is 5.67. The average molecular weight is 313 g/mol. The van der Waals surface area contributed by atoms with Gasteiger partial charge in [0.2, 0.25) is 0 Å². The summed E-state index contributed by atoms with van der Waals surface area (Å²) in [6.07, 6.45) is 0.833.